The fourth-order valence-electron chi connectivity index (χ4n) is 2.51. The van der Waals surface area contributed by atoms with E-state index < -0.39 is 0 Å². The first kappa shape index (κ1) is 17.8. The van der Waals surface area contributed by atoms with Crippen molar-refractivity contribution in [3.63, 3.8) is 0 Å². The Morgan fingerprint density at radius 3 is 2.60 bits per heavy atom. The molecule has 0 N–H and O–H groups in total. The summed E-state index contributed by atoms with van der Waals surface area (Å²) in [5.41, 5.74) is 2.00. The quantitative estimate of drug-likeness (QED) is 0.410. The highest BCUT2D eigenvalue weighted by Crippen LogP contribution is 2.33. The third-order valence-electron chi connectivity index (χ3n) is 3.78. The molecule has 1 saturated heterocycles. The van der Waals surface area contributed by atoms with Gasteiger partial charge >= 0.3 is 0 Å². The van der Waals surface area contributed by atoms with Crippen molar-refractivity contribution >= 4 is 40.3 Å². The van der Waals surface area contributed by atoms with Gasteiger partial charge in [-0.2, -0.15) is 0 Å². The fourth-order valence-corrected chi connectivity index (χ4v) is 3.56. The van der Waals surface area contributed by atoms with Gasteiger partial charge in [0.05, 0.1) is 23.0 Å². The zero-order valence-corrected chi connectivity index (χ0v) is 15.1. The number of hydrogen-bond donors (Lipinski definition) is 0. The molecule has 0 amide bonds. The Hall–Kier alpha value is -2.04. The van der Waals surface area contributed by atoms with Crippen molar-refractivity contribution < 1.29 is 14.3 Å². The second kappa shape index (κ2) is 8.37. The number of rotatable bonds is 6. The second-order valence-corrected chi connectivity index (χ2v) is 7.21. The number of carbonyl (C=O) groups is 2. The van der Waals surface area contributed by atoms with E-state index in [9.17, 15) is 9.59 Å². The van der Waals surface area contributed by atoms with Crippen molar-refractivity contribution in [3.05, 3.63) is 69.6 Å². The Morgan fingerprint density at radius 2 is 1.92 bits per heavy atom. The minimum absolute atomic E-state index is 0.0310. The van der Waals surface area contributed by atoms with E-state index in [0.29, 0.717) is 27.8 Å². The summed E-state index contributed by atoms with van der Waals surface area (Å²) in [6.07, 6.45) is 3.52. The van der Waals surface area contributed by atoms with Crippen molar-refractivity contribution in [1.82, 2.24) is 0 Å². The number of ketones is 1. The van der Waals surface area contributed by atoms with Crippen molar-refractivity contribution in [2.24, 2.45) is 0 Å². The molecule has 1 aliphatic rings. The first-order valence-electron chi connectivity index (χ1n) is 8.04. The van der Waals surface area contributed by atoms with E-state index in [1.807, 2.05) is 24.3 Å². The van der Waals surface area contributed by atoms with Gasteiger partial charge in [0.15, 0.2) is 5.78 Å². The normalized spacial score (nSPS) is 15.8. The number of aryl methyl sites for hydroxylation is 1. The van der Waals surface area contributed by atoms with Crippen LogP contribution >= 0.6 is 23.4 Å². The molecule has 25 heavy (non-hydrogen) atoms. The third kappa shape index (κ3) is 4.97. The van der Waals surface area contributed by atoms with Gasteiger partial charge in [0.25, 0.3) is 0 Å². The largest absolute Gasteiger partial charge is 0.494 e. The number of allylic oxidation sites excluding steroid dienone is 1. The minimum atomic E-state index is -0.146. The Morgan fingerprint density at radius 1 is 1.12 bits per heavy atom. The molecule has 3 rings (SSSR count). The summed E-state index contributed by atoms with van der Waals surface area (Å²) in [7, 11) is 0. The predicted octanol–water partition coefficient (Wildman–Crippen LogP) is 4.93. The number of thioether (sulfide) groups is 1. The summed E-state index contributed by atoms with van der Waals surface area (Å²) in [6.45, 7) is 0.606. The third-order valence-corrected chi connectivity index (χ3v) is 5.05. The van der Waals surface area contributed by atoms with Crippen LogP contribution in [0.15, 0.2) is 53.4 Å². The van der Waals surface area contributed by atoms with E-state index in [-0.39, 0.29) is 17.3 Å². The summed E-state index contributed by atoms with van der Waals surface area (Å²) < 4.78 is 5.74. The van der Waals surface area contributed by atoms with Crippen LogP contribution in [0.4, 0.5) is 0 Å². The van der Waals surface area contributed by atoms with E-state index in [0.717, 1.165) is 24.6 Å². The smallest absolute Gasteiger partial charge is 0.201 e. The fraction of sp³-hybridized carbons (Fsp3) is 0.200. The first-order chi connectivity index (χ1) is 12.1. The SMILES string of the molecule is O=C1CC(=O)/C(=C/c2ccc(OCCCc3ccccc3)cc2Cl)S1. The average molecular weight is 373 g/mol. The van der Waals surface area contributed by atoms with Crippen LogP contribution in [0.5, 0.6) is 5.75 Å². The zero-order valence-electron chi connectivity index (χ0n) is 13.5. The van der Waals surface area contributed by atoms with E-state index in [1.54, 1.807) is 18.2 Å². The lowest BCUT2D eigenvalue weighted by molar-refractivity contribution is -0.119. The Bertz CT molecular complexity index is 815. The van der Waals surface area contributed by atoms with Crippen molar-refractivity contribution in [2.45, 2.75) is 19.3 Å². The van der Waals surface area contributed by atoms with Crippen molar-refractivity contribution in [3.8, 4) is 5.75 Å². The molecule has 0 bridgehead atoms. The molecule has 0 radical (unpaired) electrons. The lowest BCUT2D eigenvalue weighted by Gasteiger charge is -2.08. The maximum atomic E-state index is 11.7. The van der Waals surface area contributed by atoms with Gasteiger partial charge in [-0.05, 0) is 60.0 Å². The molecule has 1 fully saturated rings. The number of carbonyl (C=O) groups excluding carboxylic acids is 2. The molecule has 0 atom stereocenters. The zero-order chi connectivity index (χ0) is 17.6. The van der Waals surface area contributed by atoms with Gasteiger partial charge < -0.3 is 4.74 Å². The lowest BCUT2D eigenvalue weighted by atomic mass is 10.1. The van der Waals surface area contributed by atoms with Crippen LogP contribution in [0, 0.1) is 0 Å². The summed E-state index contributed by atoms with van der Waals surface area (Å²) >= 11 is 7.25. The molecular weight excluding hydrogens is 356 g/mol. The van der Waals surface area contributed by atoms with Crippen LogP contribution in [0.25, 0.3) is 6.08 Å². The number of hydrogen-bond acceptors (Lipinski definition) is 4. The molecule has 3 nitrogen and oxygen atoms in total. The highest BCUT2D eigenvalue weighted by molar-refractivity contribution is 8.18. The van der Waals surface area contributed by atoms with Gasteiger partial charge in [-0.15, -0.1) is 0 Å². The van der Waals surface area contributed by atoms with Crippen LogP contribution in [0.2, 0.25) is 5.02 Å². The molecule has 2 aromatic carbocycles. The van der Waals surface area contributed by atoms with Crippen LogP contribution in [-0.2, 0) is 16.0 Å². The van der Waals surface area contributed by atoms with Crippen LogP contribution in [0.3, 0.4) is 0 Å². The predicted molar refractivity (Wildman–Crippen MR) is 102 cm³/mol. The van der Waals surface area contributed by atoms with Crippen LogP contribution < -0.4 is 4.74 Å². The molecule has 1 aliphatic heterocycles. The molecule has 1 heterocycles. The van der Waals surface area contributed by atoms with Gasteiger partial charge in [-0.25, -0.2) is 0 Å². The van der Waals surface area contributed by atoms with Crippen LogP contribution in [-0.4, -0.2) is 17.5 Å². The standard InChI is InChI=1S/C20H17ClO3S/c21-17-12-16(24-10-4-7-14-5-2-1-3-6-14)9-8-15(17)11-19-18(22)13-20(23)25-19/h1-3,5-6,8-9,11-12H,4,7,10,13H2/b19-11-. The van der Waals surface area contributed by atoms with Gasteiger partial charge in [0.1, 0.15) is 5.75 Å². The molecule has 0 saturated carbocycles. The highest BCUT2D eigenvalue weighted by atomic mass is 35.5. The molecule has 5 heteroatoms. The molecule has 2 aromatic rings. The summed E-state index contributed by atoms with van der Waals surface area (Å²) in [4.78, 5) is 23.4. The first-order valence-corrected chi connectivity index (χ1v) is 9.23. The molecule has 0 unspecified atom stereocenters. The minimum Gasteiger partial charge on any atom is -0.494 e. The lowest BCUT2D eigenvalue weighted by Crippen LogP contribution is -1.99. The molecule has 0 spiro atoms. The monoisotopic (exact) mass is 372 g/mol. The topological polar surface area (TPSA) is 43.4 Å². The number of benzene rings is 2. The van der Waals surface area contributed by atoms with E-state index in [1.165, 1.54) is 5.56 Å². The number of halogens is 1. The Labute approximate surface area is 156 Å². The average Bonchev–Trinajstić information content (AvgIpc) is 2.92. The van der Waals surface area contributed by atoms with E-state index in [2.05, 4.69) is 12.1 Å². The summed E-state index contributed by atoms with van der Waals surface area (Å²) in [5.74, 6) is 0.550. The van der Waals surface area contributed by atoms with Crippen molar-refractivity contribution in [2.75, 3.05) is 6.61 Å². The number of Topliss-reactive ketones (excluding diaryl/α,β-unsaturated/α-hetero) is 1. The highest BCUT2D eigenvalue weighted by Gasteiger charge is 2.25. The maximum absolute atomic E-state index is 11.7. The van der Waals surface area contributed by atoms with E-state index in [4.69, 9.17) is 16.3 Å². The van der Waals surface area contributed by atoms with Gasteiger partial charge in [0, 0.05) is 0 Å². The molecule has 128 valence electrons. The van der Waals surface area contributed by atoms with Gasteiger partial charge in [-0.3, -0.25) is 9.59 Å². The second-order valence-electron chi connectivity index (χ2n) is 5.70. The van der Waals surface area contributed by atoms with Crippen LogP contribution in [0.1, 0.15) is 24.0 Å². The number of ether oxygens (including phenoxy) is 1. The van der Waals surface area contributed by atoms with Crippen molar-refractivity contribution in [1.29, 1.82) is 0 Å². The van der Waals surface area contributed by atoms with Gasteiger partial charge in [0.2, 0.25) is 5.12 Å². The maximum Gasteiger partial charge on any atom is 0.201 e. The molecule has 0 aliphatic carbocycles. The summed E-state index contributed by atoms with van der Waals surface area (Å²) in [5, 5.41) is 0.381. The van der Waals surface area contributed by atoms with E-state index >= 15 is 0 Å². The molecule has 0 aromatic heterocycles. The molecular formula is C20H17ClO3S. The van der Waals surface area contributed by atoms with Gasteiger partial charge in [-0.1, -0.05) is 41.9 Å². The Balaban J connectivity index is 1.56. The summed E-state index contributed by atoms with van der Waals surface area (Å²) in [6, 6.07) is 15.6. The Kier molecular flexibility index (Phi) is 5.95.